The monoisotopic (exact) mass is 676 g/mol. The molecule has 12 nitrogen and oxygen atoms in total. The highest BCUT2D eigenvalue weighted by atomic mass is 32.2. The van der Waals surface area contributed by atoms with Crippen LogP contribution in [0.4, 0.5) is 29.3 Å². The van der Waals surface area contributed by atoms with Crippen molar-refractivity contribution in [2.75, 3.05) is 37.2 Å². The second-order valence-corrected chi connectivity index (χ2v) is 12.7. The quantitative estimate of drug-likeness (QED) is 0.252. The van der Waals surface area contributed by atoms with Crippen molar-refractivity contribution in [2.45, 2.75) is 30.3 Å². The van der Waals surface area contributed by atoms with Crippen LogP contribution in [0.3, 0.4) is 0 Å². The van der Waals surface area contributed by atoms with Gasteiger partial charge in [-0.25, -0.2) is 26.4 Å². The zero-order valence-electron chi connectivity index (χ0n) is 25.4. The van der Waals surface area contributed by atoms with E-state index in [9.17, 15) is 36.4 Å². The second kappa shape index (κ2) is 14.1. The number of nitrogens with one attached hydrogen (secondary N) is 2. The van der Waals surface area contributed by atoms with E-state index in [0.29, 0.717) is 12.4 Å². The number of benzene rings is 3. The number of rotatable bonds is 11. The van der Waals surface area contributed by atoms with Gasteiger partial charge in [-0.1, -0.05) is 13.0 Å². The predicted octanol–water partition coefficient (Wildman–Crippen LogP) is 4.13. The number of nitrogens with zero attached hydrogens (tertiary/aromatic N) is 1. The van der Waals surface area contributed by atoms with Crippen LogP contribution in [0.2, 0.25) is 0 Å². The number of halogens is 3. The Labute approximate surface area is 267 Å². The average Bonchev–Trinajstić information content (AvgIpc) is 3.48. The van der Waals surface area contributed by atoms with E-state index in [1.807, 2.05) is 0 Å². The van der Waals surface area contributed by atoms with Crippen molar-refractivity contribution in [2.24, 2.45) is 11.7 Å². The van der Waals surface area contributed by atoms with Gasteiger partial charge < -0.3 is 30.2 Å². The third kappa shape index (κ3) is 7.16. The molecule has 47 heavy (non-hydrogen) atoms. The summed E-state index contributed by atoms with van der Waals surface area (Å²) in [6, 6.07) is 5.63. The van der Waals surface area contributed by atoms with Gasteiger partial charge >= 0.3 is 6.09 Å². The van der Waals surface area contributed by atoms with Gasteiger partial charge in [0.05, 0.1) is 42.2 Å². The lowest BCUT2D eigenvalue weighted by Crippen LogP contribution is -2.39. The van der Waals surface area contributed by atoms with E-state index >= 15 is 4.39 Å². The Morgan fingerprint density at radius 3 is 2.38 bits per heavy atom. The first-order chi connectivity index (χ1) is 22.3. The van der Waals surface area contributed by atoms with Crippen LogP contribution in [-0.4, -0.2) is 64.0 Å². The zero-order chi connectivity index (χ0) is 34.6. The molecule has 0 radical (unpaired) electrons. The summed E-state index contributed by atoms with van der Waals surface area (Å²) >= 11 is 0. The summed E-state index contributed by atoms with van der Waals surface area (Å²) in [6.45, 7) is 1.33. The molecule has 0 bridgehead atoms. The molecule has 250 valence electrons. The Bertz CT molecular complexity index is 1840. The molecule has 0 saturated carbocycles. The minimum Gasteiger partial charge on any atom is -0.494 e. The normalized spacial score (nSPS) is 16.7. The van der Waals surface area contributed by atoms with Crippen molar-refractivity contribution in [1.29, 1.82) is 0 Å². The largest absolute Gasteiger partial charge is 0.494 e. The van der Waals surface area contributed by atoms with Crippen LogP contribution in [0.15, 0.2) is 53.4 Å². The first-order valence-corrected chi connectivity index (χ1v) is 15.8. The van der Waals surface area contributed by atoms with Crippen LogP contribution in [0.1, 0.15) is 46.9 Å². The molecule has 0 spiro atoms. The van der Waals surface area contributed by atoms with Crippen molar-refractivity contribution < 1.29 is 50.2 Å². The Morgan fingerprint density at radius 2 is 1.77 bits per heavy atom. The molecule has 1 fully saturated rings. The lowest BCUT2D eigenvalue weighted by Gasteiger charge is -2.32. The van der Waals surface area contributed by atoms with Crippen molar-refractivity contribution in [3.05, 3.63) is 82.7 Å². The van der Waals surface area contributed by atoms with Crippen molar-refractivity contribution in [3.63, 3.8) is 0 Å². The first-order valence-electron chi connectivity index (χ1n) is 14.1. The smallest absolute Gasteiger partial charge is 0.411 e. The minimum absolute atomic E-state index is 0.0168. The minimum atomic E-state index is -3.96. The number of carbonyl (C=O) groups is 4. The summed E-state index contributed by atoms with van der Waals surface area (Å²) in [6.07, 6.45) is -0.196. The molecule has 1 saturated heterocycles. The van der Waals surface area contributed by atoms with E-state index in [0.717, 1.165) is 25.3 Å². The summed E-state index contributed by atoms with van der Waals surface area (Å²) in [4.78, 5) is 51.6. The SMILES string of the molecule is CCS(=O)(=O)c1ccc(NC(=O)OC)cc1[C@H]1[C@@H](C=O)CCN1C(=O)[C@@H](Nc1cc(C(N)=O)c(F)cc1F)c1ccc(F)c(OC)c1. The molecule has 1 heterocycles. The molecule has 16 heteroatoms. The third-order valence-electron chi connectivity index (χ3n) is 7.76. The van der Waals surface area contributed by atoms with E-state index in [-0.39, 0.29) is 46.2 Å². The Morgan fingerprint density at radius 1 is 1.04 bits per heavy atom. The summed E-state index contributed by atoms with van der Waals surface area (Å²) in [5.74, 6) is -6.80. The van der Waals surface area contributed by atoms with Crippen LogP contribution in [0.25, 0.3) is 0 Å². The number of ether oxygens (including phenoxy) is 2. The van der Waals surface area contributed by atoms with E-state index in [1.54, 1.807) is 0 Å². The summed E-state index contributed by atoms with van der Waals surface area (Å²) < 4.78 is 79.9. The fourth-order valence-electron chi connectivity index (χ4n) is 5.38. The first kappa shape index (κ1) is 34.7. The third-order valence-corrected chi connectivity index (χ3v) is 9.56. The fourth-order valence-corrected chi connectivity index (χ4v) is 6.51. The Hall–Kier alpha value is -5.12. The lowest BCUT2D eigenvalue weighted by atomic mass is 9.93. The topological polar surface area (TPSA) is 174 Å². The van der Waals surface area contributed by atoms with Crippen LogP contribution in [0.5, 0.6) is 5.75 Å². The van der Waals surface area contributed by atoms with Gasteiger partial charge in [0.1, 0.15) is 24.0 Å². The maximum atomic E-state index is 15.1. The molecule has 0 aliphatic carbocycles. The van der Waals surface area contributed by atoms with Crippen LogP contribution < -0.4 is 21.1 Å². The van der Waals surface area contributed by atoms with E-state index in [2.05, 4.69) is 15.4 Å². The van der Waals surface area contributed by atoms with Gasteiger partial charge in [0, 0.05) is 24.2 Å². The maximum Gasteiger partial charge on any atom is 0.411 e. The summed E-state index contributed by atoms with van der Waals surface area (Å²) in [7, 11) is -1.65. The van der Waals surface area contributed by atoms with Crippen molar-refractivity contribution in [3.8, 4) is 5.75 Å². The summed E-state index contributed by atoms with van der Waals surface area (Å²) in [5, 5.41) is 5.07. The number of nitrogens with two attached hydrogens (primary N) is 1. The van der Waals surface area contributed by atoms with Gasteiger partial charge in [-0.2, -0.15) is 0 Å². The van der Waals surface area contributed by atoms with E-state index < -0.39 is 74.4 Å². The number of sulfone groups is 1. The highest BCUT2D eigenvalue weighted by Crippen LogP contribution is 2.42. The van der Waals surface area contributed by atoms with Crippen LogP contribution in [-0.2, 0) is 24.2 Å². The molecule has 4 N–H and O–H groups in total. The van der Waals surface area contributed by atoms with Gasteiger partial charge in [0.15, 0.2) is 21.4 Å². The Kier molecular flexibility index (Phi) is 10.4. The molecular formula is C31H31F3N4O8S. The molecular weight excluding hydrogens is 645 g/mol. The molecule has 0 unspecified atom stereocenters. The maximum absolute atomic E-state index is 15.1. The van der Waals surface area contributed by atoms with Gasteiger partial charge in [-0.3, -0.25) is 14.9 Å². The molecule has 3 aromatic carbocycles. The van der Waals surface area contributed by atoms with Gasteiger partial charge in [-0.05, 0) is 53.9 Å². The van der Waals surface area contributed by atoms with Crippen LogP contribution >= 0.6 is 0 Å². The standard InChI is InChI=1S/C31H31F3N4O8S/c1-4-47(43,44)26-8-6-18(36-31(42)46-3)12-20(26)28-17(15-39)9-10-38(28)30(41)27(16-5-7-21(32)25(11-16)45-2)37-24-13-19(29(35)40)22(33)14-23(24)34/h5-8,11-15,17,27-28,37H,4,9-10H2,1-3H3,(H2,35,40)(H,36,42)/t17-,27+,28-/m1/s1. The molecule has 3 atom stereocenters. The predicted molar refractivity (Wildman–Crippen MR) is 163 cm³/mol. The highest BCUT2D eigenvalue weighted by Gasteiger charge is 2.43. The number of primary amides is 1. The van der Waals surface area contributed by atoms with Gasteiger partial charge in [0.2, 0.25) is 5.91 Å². The van der Waals surface area contributed by atoms with Crippen molar-refractivity contribution >= 4 is 45.4 Å². The highest BCUT2D eigenvalue weighted by molar-refractivity contribution is 7.91. The molecule has 1 aliphatic rings. The van der Waals surface area contributed by atoms with Crippen LogP contribution in [0, 0.1) is 23.4 Å². The van der Waals surface area contributed by atoms with E-state index in [1.165, 1.54) is 43.2 Å². The van der Waals surface area contributed by atoms with Gasteiger partial charge in [-0.15, -0.1) is 0 Å². The molecule has 0 aromatic heterocycles. The fraction of sp³-hybridized carbons (Fsp3) is 0.290. The second-order valence-electron chi connectivity index (χ2n) is 10.5. The molecule has 3 aromatic rings. The van der Waals surface area contributed by atoms with Gasteiger partial charge in [0.25, 0.3) is 5.91 Å². The number of likely N-dealkylation sites (tertiary alicyclic amines) is 1. The zero-order valence-corrected chi connectivity index (χ0v) is 26.2. The number of carbonyl (C=O) groups excluding carboxylic acids is 4. The average molecular weight is 677 g/mol. The number of anilines is 2. The molecule has 3 amide bonds. The Balaban J connectivity index is 1.90. The number of amides is 3. The van der Waals surface area contributed by atoms with E-state index in [4.69, 9.17) is 10.5 Å². The lowest BCUT2D eigenvalue weighted by molar-refractivity contribution is -0.133. The number of methoxy groups -OCH3 is 2. The number of aldehydes is 1. The number of hydrogen-bond donors (Lipinski definition) is 3. The molecule has 1 aliphatic heterocycles. The molecule has 4 rings (SSSR count). The number of hydrogen-bond acceptors (Lipinski definition) is 9. The summed E-state index contributed by atoms with van der Waals surface area (Å²) in [5.41, 5.74) is 4.21. The van der Waals surface area contributed by atoms with Crippen molar-refractivity contribution in [1.82, 2.24) is 4.90 Å².